The summed E-state index contributed by atoms with van der Waals surface area (Å²) in [5.41, 5.74) is 1.81. The van der Waals surface area contributed by atoms with Gasteiger partial charge in [0.2, 0.25) is 0 Å². The molecule has 0 unspecified atom stereocenters. The maximum Gasteiger partial charge on any atom is 0.265 e. The van der Waals surface area contributed by atoms with Crippen molar-refractivity contribution in [2.24, 2.45) is 0 Å². The molecule has 0 aliphatic carbocycles. The molecule has 3 aromatic rings. The fourth-order valence-corrected chi connectivity index (χ4v) is 3.08. The molecule has 154 valence electrons. The number of carbonyl (C=O) groups excluding carboxylic acids is 2. The predicted molar refractivity (Wildman–Crippen MR) is 119 cm³/mol. The molecule has 0 saturated heterocycles. The molecule has 0 aliphatic rings. The Morgan fingerprint density at radius 2 is 1.70 bits per heavy atom. The first-order valence-electron chi connectivity index (χ1n) is 9.71. The Bertz CT molecular complexity index is 1010. The number of carbonyl (C=O) groups is 2. The summed E-state index contributed by atoms with van der Waals surface area (Å²) in [5.74, 6) is -0.0854. The molecule has 0 spiro atoms. The zero-order chi connectivity index (χ0) is 21.3. The summed E-state index contributed by atoms with van der Waals surface area (Å²) < 4.78 is 5.79. The Morgan fingerprint density at radius 3 is 2.43 bits per heavy atom. The van der Waals surface area contributed by atoms with Crippen LogP contribution >= 0.6 is 11.6 Å². The third kappa shape index (κ3) is 5.84. The normalized spacial score (nSPS) is 11.4. The quantitative estimate of drug-likeness (QED) is 0.532. The van der Waals surface area contributed by atoms with Gasteiger partial charge in [0.25, 0.3) is 11.8 Å². The van der Waals surface area contributed by atoms with Crippen molar-refractivity contribution in [2.45, 2.75) is 26.0 Å². The summed E-state index contributed by atoms with van der Waals surface area (Å²) in [7, 11) is 0. The lowest BCUT2D eigenvalue weighted by molar-refractivity contribution is -0.122. The zero-order valence-corrected chi connectivity index (χ0v) is 17.4. The van der Waals surface area contributed by atoms with Crippen LogP contribution in [0.1, 0.15) is 29.3 Å². The molecule has 0 radical (unpaired) electrons. The van der Waals surface area contributed by atoms with E-state index in [4.69, 9.17) is 16.3 Å². The first kappa shape index (κ1) is 21.4. The van der Waals surface area contributed by atoms with Gasteiger partial charge in [-0.3, -0.25) is 9.59 Å². The summed E-state index contributed by atoms with van der Waals surface area (Å²) in [6, 6.07) is 23.4. The fourth-order valence-electron chi connectivity index (χ4n) is 2.90. The number of ether oxygens (including phenoxy) is 1. The molecule has 1 atom stereocenters. The van der Waals surface area contributed by atoms with Crippen LogP contribution in [0.4, 0.5) is 5.69 Å². The Labute approximate surface area is 181 Å². The van der Waals surface area contributed by atoms with Gasteiger partial charge in [0.05, 0.1) is 11.3 Å². The van der Waals surface area contributed by atoms with E-state index in [0.29, 0.717) is 35.0 Å². The topological polar surface area (TPSA) is 67.4 Å². The average molecular weight is 423 g/mol. The minimum Gasteiger partial charge on any atom is -0.481 e. The molecule has 3 rings (SSSR count). The highest BCUT2D eigenvalue weighted by Crippen LogP contribution is 2.21. The van der Waals surface area contributed by atoms with Crippen LogP contribution in [0.2, 0.25) is 5.02 Å². The molecular weight excluding hydrogens is 400 g/mol. The molecule has 2 amide bonds. The molecule has 0 fully saturated rings. The van der Waals surface area contributed by atoms with Gasteiger partial charge in [-0.25, -0.2) is 0 Å². The molecule has 0 bridgehead atoms. The number of anilines is 1. The van der Waals surface area contributed by atoms with Crippen LogP contribution < -0.4 is 15.4 Å². The van der Waals surface area contributed by atoms with E-state index in [2.05, 4.69) is 10.6 Å². The second-order valence-corrected chi connectivity index (χ2v) is 7.11. The van der Waals surface area contributed by atoms with Crippen LogP contribution in [0.5, 0.6) is 5.75 Å². The minimum absolute atomic E-state index is 0.265. The van der Waals surface area contributed by atoms with Gasteiger partial charge in [0.15, 0.2) is 6.10 Å². The SMILES string of the molecule is CC[C@@H](Oc1cccc(Cl)c1)C(=O)Nc1ccccc1C(=O)NCc1ccccc1. The zero-order valence-electron chi connectivity index (χ0n) is 16.6. The maximum atomic E-state index is 12.8. The van der Waals surface area contributed by atoms with Gasteiger partial charge in [-0.1, -0.05) is 67.1 Å². The summed E-state index contributed by atoms with van der Waals surface area (Å²) in [4.78, 5) is 25.5. The van der Waals surface area contributed by atoms with E-state index in [1.165, 1.54) is 0 Å². The molecule has 0 aliphatic heterocycles. The van der Waals surface area contributed by atoms with Crippen LogP contribution in [0.25, 0.3) is 0 Å². The van der Waals surface area contributed by atoms with Gasteiger partial charge in [0.1, 0.15) is 5.75 Å². The highest BCUT2D eigenvalue weighted by atomic mass is 35.5. The van der Waals surface area contributed by atoms with Gasteiger partial charge in [0, 0.05) is 11.6 Å². The van der Waals surface area contributed by atoms with E-state index in [1.807, 2.05) is 37.3 Å². The first-order chi connectivity index (χ1) is 14.6. The van der Waals surface area contributed by atoms with E-state index in [9.17, 15) is 9.59 Å². The summed E-state index contributed by atoms with van der Waals surface area (Å²) >= 11 is 5.99. The van der Waals surface area contributed by atoms with Gasteiger partial charge >= 0.3 is 0 Å². The highest BCUT2D eigenvalue weighted by molar-refractivity contribution is 6.30. The fraction of sp³-hybridized carbons (Fsp3) is 0.167. The van der Waals surface area contributed by atoms with Crippen molar-refractivity contribution in [1.29, 1.82) is 0 Å². The van der Waals surface area contributed by atoms with Crippen molar-refractivity contribution in [3.63, 3.8) is 0 Å². The number of hydrogen-bond acceptors (Lipinski definition) is 3. The first-order valence-corrected chi connectivity index (χ1v) is 10.1. The molecular formula is C24H23ClN2O3. The molecule has 3 aromatic carbocycles. The van der Waals surface area contributed by atoms with E-state index < -0.39 is 6.10 Å². The van der Waals surface area contributed by atoms with Crippen molar-refractivity contribution in [1.82, 2.24) is 5.32 Å². The van der Waals surface area contributed by atoms with Gasteiger partial charge in [-0.05, 0) is 42.3 Å². The van der Waals surface area contributed by atoms with Gasteiger partial charge in [-0.15, -0.1) is 0 Å². The van der Waals surface area contributed by atoms with E-state index >= 15 is 0 Å². The number of para-hydroxylation sites is 1. The molecule has 0 heterocycles. The van der Waals surface area contributed by atoms with Crippen LogP contribution in [-0.4, -0.2) is 17.9 Å². The molecule has 0 aromatic heterocycles. The van der Waals surface area contributed by atoms with E-state index in [0.717, 1.165) is 5.56 Å². The van der Waals surface area contributed by atoms with Gasteiger partial charge < -0.3 is 15.4 Å². The Morgan fingerprint density at radius 1 is 0.967 bits per heavy atom. The predicted octanol–water partition coefficient (Wildman–Crippen LogP) is 5.07. The van der Waals surface area contributed by atoms with Crippen LogP contribution in [0, 0.1) is 0 Å². The number of benzene rings is 3. The van der Waals surface area contributed by atoms with Crippen LogP contribution in [-0.2, 0) is 11.3 Å². The smallest absolute Gasteiger partial charge is 0.265 e. The van der Waals surface area contributed by atoms with E-state index in [1.54, 1.807) is 48.5 Å². The lowest BCUT2D eigenvalue weighted by Gasteiger charge is -2.18. The van der Waals surface area contributed by atoms with Crippen molar-refractivity contribution in [3.8, 4) is 5.75 Å². The van der Waals surface area contributed by atoms with Gasteiger partial charge in [-0.2, -0.15) is 0 Å². The lowest BCUT2D eigenvalue weighted by Crippen LogP contribution is -2.33. The third-order valence-electron chi connectivity index (χ3n) is 4.46. The van der Waals surface area contributed by atoms with Crippen molar-refractivity contribution < 1.29 is 14.3 Å². The molecule has 2 N–H and O–H groups in total. The maximum absolute atomic E-state index is 12.8. The standard InChI is InChI=1S/C24H23ClN2O3/c1-2-22(30-19-12-8-11-18(25)15-19)24(29)27-21-14-7-6-13-20(21)23(28)26-16-17-9-4-3-5-10-17/h3-15,22H,2,16H2,1H3,(H,26,28)(H,27,29)/t22-/m1/s1. The lowest BCUT2D eigenvalue weighted by atomic mass is 10.1. The average Bonchev–Trinajstić information content (AvgIpc) is 2.77. The van der Waals surface area contributed by atoms with Crippen LogP contribution in [0.3, 0.4) is 0 Å². The minimum atomic E-state index is -0.719. The van der Waals surface area contributed by atoms with Crippen LogP contribution in [0.15, 0.2) is 78.9 Å². The molecule has 30 heavy (non-hydrogen) atoms. The summed E-state index contributed by atoms with van der Waals surface area (Å²) in [6.45, 7) is 2.25. The van der Waals surface area contributed by atoms with E-state index in [-0.39, 0.29) is 11.8 Å². The second-order valence-electron chi connectivity index (χ2n) is 6.68. The number of halogens is 1. The van der Waals surface area contributed by atoms with Crippen molar-refractivity contribution in [2.75, 3.05) is 5.32 Å². The Balaban J connectivity index is 1.68. The third-order valence-corrected chi connectivity index (χ3v) is 4.70. The highest BCUT2D eigenvalue weighted by Gasteiger charge is 2.21. The Hall–Kier alpha value is -3.31. The molecule has 5 nitrogen and oxygen atoms in total. The number of rotatable bonds is 8. The molecule has 0 saturated carbocycles. The van der Waals surface area contributed by atoms with Crippen molar-refractivity contribution >= 4 is 29.1 Å². The number of nitrogens with one attached hydrogen (secondary N) is 2. The largest absolute Gasteiger partial charge is 0.481 e. The van der Waals surface area contributed by atoms with Crippen molar-refractivity contribution in [3.05, 3.63) is 95.0 Å². The Kier molecular flexibility index (Phi) is 7.46. The monoisotopic (exact) mass is 422 g/mol. The molecule has 6 heteroatoms. The number of amides is 2. The summed E-state index contributed by atoms with van der Waals surface area (Å²) in [5, 5.41) is 6.23. The number of hydrogen-bond donors (Lipinski definition) is 2. The second kappa shape index (κ2) is 10.5. The summed E-state index contributed by atoms with van der Waals surface area (Å²) in [6.07, 6.45) is -0.260.